The predicted molar refractivity (Wildman–Crippen MR) is 54.9 cm³/mol. The number of hydrogen-bond donors (Lipinski definition) is 1. The lowest BCUT2D eigenvalue weighted by Crippen LogP contribution is -2.35. The molecule has 1 heterocycles. The number of hydroxylamine groups is 1. The summed E-state index contributed by atoms with van der Waals surface area (Å²) < 4.78 is 0. The molecule has 0 spiro atoms. The fourth-order valence-electron chi connectivity index (χ4n) is 1.61. The normalized spacial score (nSPS) is 17.1. The van der Waals surface area contributed by atoms with Gasteiger partial charge in [-0.3, -0.25) is 14.6 Å². The molecule has 15 heavy (non-hydrogen) atoms. The molecular formula is C11H14N2O2. The molecule has 1 saturated carbocycles. The number of rotatable bonds is 4. The van der Waals surface area contributed by atoms with Crippen LogP contribution in [0.5, 0.6) is 0 Å². The standard InChI is InChI=1S/C11H14N2O2/c1-2-15-13-10(14)11(6-7-11)9-5-3-4-8-12-9/h3-5,8H,2,6-7H2,1H3,(H,13,14). The molecular weight excluding hydrogens is 192 g/mol. The van der Waals surface area contributed by atoms with Gasteiger partial charge in [-0.15, -0.1) is 0 Å². The van der Waals surface area contributed by atoms with E-state index < -0.39 is 5.41 Å². The molecule has 1 aromatic heterocycles. The topological polar surface area (TPSA) is 51.2 Å². The minimum absolute atomic E-state index is 0.0805. The zero-order chi connectivity index (χ0) is 10.7. The van der Waals surface area contributed by atoms with Gasteiger partial charge < -0.3 is 0 Å². The van der Waals surface area contributed by atoms with Gasteiger partial charge in [0.25, 0.3) is 5.91 Å². The zero-order valence-corrected chi connectivity index (χ0v) is 8.69. The van der Waals surface area contributed by atoms with Crippen molar-refractivity contribution in [1.82, 2.24) is 10.5 Å². The first kappa shape index (κ1) is 10.1. The minimum atomic E-state index is -0.434. The van der Waals surface area contributed by atoms with Crippen LogP contribution in [0.15, 0.2) is 24.4 Å². The molecule has 1 aliphatic rings. The number of hydrogen-bond acceptors (Lipinski definition) is 3. The summed E-state index contributed by atoms with van der Waals surface area (Å²) in [5.41, 5.74) is 2.86. The Labute approximate surface area is 88.6 Å². The second-order valence-corrected chi connectivity index (χ2v) is 3.66. The third-order valence-electron chi connectivity index (χ3n) is 2.65. The van der Waals surface area contributed by atoms with Crippen LogP contribution in [0, 0.1) is 0 Å². The molecule has 1 N–H and O–H groups in total. The van der Waals surface area contributed by atoms with Crippen LogP contribution in [-0.2, 0) is 15.0 Å². The van der Waals surface area contributed by atoms with Crippen LogP contribution in [0.1, 0.15) is 25.5 Å². The van der Waals surface area contributed by atoms with Crippen molar-refractivity contribution in [3.05, 3.63) is 30.1 Å². The van der Waals surface area contributed by atoms with Gasteiger partial charge in [-0.25, -0.2) is 5.48 Å². The SMILES string of the molecule is CCONC(=O)C1(c2ccccn2)CC1. The summed E-state index contributed by atoms with van der Waals surface area (Å²) in [7, 11) is 0. The van der Waals surface area contributed by atoms with Crippen molar-refractivity contribution in [3.8, 4) is 0 Å². The Balaban J connectivity index is 2.11. The summed E-state index contributed by atoms with van der Waals surface area (Å²) in [5, 5.41) is 0. The van der Waals surface area contributed by atoms with Crippen LogP contribution < -0.4 is 5.48 Å². The van der Waals surface area contributed by atoms with Gasteiger partial charge in [0.1, 0.15) is 0 Å². The molecule has 1 aliphatic carbocycles. The maximum Gasteiger partial charge on any atom is 0.255 e. The number of amides is 1. The Morgan fingerprint density at radius 2 is 2.40 bits per heavy atom. The molecule has 4 nitrogen and oxygen atoms in total. The molecule has 80 valence electrons. The third-order valence-corrected chi connectivity index (χ3v) is 2.65. The van der Waals surface area contributed by atoms with Crippen molar-refractivity contribution < 1.29 is 9.63 Å². The molecule has 0 radical (unpaired) electrons. The number of aromatic nitrogens is 1. The van der Waals surface area contributed by atoms with E-state index in [4.69, 9.17) is 4.84 Å². The van der Waals surface area contributed by atoms with Gasteiger partial charge in [0, 0.05) is 6.20 Å². The van der Waals surface area contributed by atoms with Gasteiger partial charge in [-0.1, -0.05) is 6.07 Å². The minimum Gasteiger partial charge on any atom is -0.274 e. The molecule has 2 rings (SSSR count). The summed E-state index contributed by atoms with van der Waals surface area (Å²) in [6, 6.07) is 5.63. The first-order valence-electron chi connectivity index (χ1n) is 5.13. The van der Waals surface area contributed by atoms with Crippen LogP contribution in [0.25, 0.3) is 0 Å². The molecule has 0 unspecified atom stereocenters. The van der Waals surface area contributed by atoms with E-state index in [1.54, 1.807) is 6.20 Å². The Kier molecular flexibility index (Phi) is 2.68. The predicted octanol–water partition coefficient (Wildman–Crippen LogP) is 1.18. The largest absolute Gasteiger partial charge is 0.274 e. The highest BCUT2D eigenvalue weighted by molar-refractivity contribution is 5.89. The van der Waals surface area contributed by atoms with E-state index >= 15 is 0 Å². The Morgan fingerprint density at radius 3 is 2.93 bits per heavy atom. The van der Waals surface area contributed by atoms with E-state index in [0.717, 1.165) is 18.5 Å². The van der Waals surface area contributed by atoms with E-state index in [1.807, 2.05) is 25.1 Å². The highest BCUT2D eigenvalue weighted by Crippen LogP contribution is 2.47. The first-order chi connectivity index (χ1) is 7.29. The zero-order valence-electron chi connectivity index (χ0n) is 8.69. The molecule has 0 aromatic carbocycles. The van der Waals surface area contributed by atoms with Crippen LogP contribution in [0.2, 0.25) is 0 Å². The maximum absolute atomic E-state index is 11.8. The monoisotopic (exact) mass is 206 g/mol. The highest BCUT2D eigenvalue weighted by atomic mass is 16.6. The quantitative estimate of drug-likeness (QED) is 0.753. The first-order valence-corrected chi connectivity index (χ1v) is 5.13. The van der Waals surface area contributed by atoms with Gasteiger partial charge in [-0.2, -0.15) is 0 Å². The van der Waals surface area contributed by atoms with Crippen LogP contribution >= 0.6 is 0 Å². The third kappa shape index (κ3) is 1.85. The van der Waals surface area contributed by atoms with E-state index in [-0.39, 0.29) is 5.91 Å². The van der Waals surface area contributed by atoms with E-state index in [1.165, 1.54) is 0 Å². The van der Waals surface area contributed by atoms with E-state index in [0.29, 0.717) is 6.61 Å². The van der Waals surface area contributed by atoms with Gasteiger partial charge in [0.15, 0.2) is 0 Å². The second kappa shape index (κ2) is 3.98. The summed E-state index contributed by atoms with van der Waals surface area (Å²) >= 11 is 0. The molecule has 4 heteroatoms. The number of carbonyl (C=O) groups is 1. The summed E-state index contributed by atoms with van der Waals surface area (Å²) in [4.78, 5) is 21.0. The van der Waals surface area contributed by atoms with E-state index in [2.05, 4.69) is 10.5 Å². The lowest BCUT2D eigenvalue weighted by molar-refractivity contribution is -0.136. The number of nitrogens with one attached hydrogen (secondary N) is 1. The number of carbonyl (C=O) groups excluding carboxylic acids is 1. The average molecular weight is 206 g/mol. The molecule has 0 aliphatic heterocycles. The van der Waals surface area contributed by atoms with Crippen LogP contribution in [-0.4, -0.2) is 17.5 Å². The van der Waals surface area contributed by atoms with Crippen molar-refractivity contribution in [2.24, 2.45) is 0 Å². The van der Waals surface area contributed by atoms with Crippen molar-refractivity contribution in [2.75, 3.05) is 6.61 Å². The van der Waals surface area contributed by atoms with Crippen molar-refractivity contribution in [1.29, 1.82) is 0 Å². The highest BCUT2D eigenvalue weighted by Gasteiger charge is 2.52. The molecule has 1 fully saturated rings. The van der Waals surface area contributed by atoms with Crippen molar-refractivity contribution in [2.45, 2.75) is 25.2 Å². The average Bonchev–Trinajstić information content (AvgIpc) is 3.08. The Hall–Kier alpha value is -1.42. The molecule has 1 aromatic rings. The molecule has 0 atom stereocenters. The molecule has 0 saturated heterocycles. The molecule has 1 amide bonds. The lowest BCUT2D eigenvalue weighted by Gasteiger charge is -2.13. The Morgan fingerprint density at radius 1 is 1.60 bits per heavy atom. The second-order valence-electron chi connectivity index (χ2n) is 3.66. The van der Waals surface area contributed by atoms with E-state index in [9.17, 15) is 4.79 Å². The van der Waals surface area contributed by atoms with Gasteiger partial charge in [-0.05, 0) is 31.9 Å². The Bertz CT molecular complexity index is 347. The fraction of sp³-hybridized carbons (Fsp3) is 0.455. The summed E-state index contributed by atoms with van der Waals surface area (Å²) in [5.74, 6) is -0.0805. The number of pyridine rings is 1. The maximum atomic E-state index is 11.8. The number of nitrogens with zero attached hydrogens (tertiary/aromatic N) is 1. The van der Waals surface area contributed by atoms with Crippen molar-refractivity contribution in [3.63, 3.8) is 0 Å². The van der Waals surface area contributed by atoms with Crippen molar-refractivity contribution >= 4 is 5.91 Å². The van der Waals surface area contributed by atoms with Gasteiger partial charge in [0.05, 0.1) is 17.7 Å². The van der Waals surface area contributed by atoms with Crippen LogP contribution in [0.3, 0.4) is 0 Å². The molecule has 0 bridgehead atoms. The smallest absolute Gasteiger partial charge is 0.255 e. The van der Waals surface area contributed by atoms with Crippen LogP contribution in [0.4, 0.5) is 0 Å². The van der Waals surface area contributed by atoms with Gasteiger partial charge >= 0.3 is 0 Å². The summed E-state index contributed by atoms with van der Waals surface area (Å²) in [6.07, 6.45) is 3.41. The summed E-state index contributed by atoms with van der Waals surface area (Å²) in [6.45, 7) is 2.31. The van der Waals surface area contributed by atoms with Gasteiger partial charge in [0.2, 0.25) is 0 Å². The lowest BCUT2D eigenvalue weighted by atomic mass is 10.0. The fourth-order valence-corrected chi connectivity index (χ4v) is 1.61.